The van der Waals surface area contributed by atoms with E-state index in [4.69, 9.17) is 9.97 Å². The first-order valence-electron chi connectivity index (χ1n) is 8.96. The van der Waals surface area contributed by atoms with Gasteiger partial charge in [-0.1, -0.05) is 36.4 Å². The van der Waals surface area contributed by atoms with E-state index < -0.39 is 0 Å². The maximum Gasteiger partial charge on any atom is 0.209 e. The van der Waals surface area contributed by atoms with E-state index in [1.54, 1.807) is 50.5 Å². The van der Waals surface area contributed by atoms with Crippen molar-refractivity contribution in [1.82, 2.24) is 14.9 Å². The van der Waals surface area contributed by atoms with Crippen molar-refractivity contribution in [1.29, 1.82) is 0 Å². The van der Waals surface area contributed by atoms with Crippen molar-refractivity contribution < 1.29 is 15.0 Å². The summed E-state index contributed by atoms with van der Waals surface area (Å²) in [7, 11) is 3.38. The van der Waals surface area contributed by atoms with E-state index in [1.165, 1.54) is 4.90 Å². The van der Waals surface area contributed by atoms with Crippen LogP contribution >= 0.6 is 0 Å². The summed E-state index contributed by atoms with van der Waals surface area (Å²) >= 11 is 0. The third-order valence-electron chi connectivity index (χ3n) is 4.10. The molecule has 0 aliphatic carbocycles. The van der Waals surface area contributed by atoms with Gasteiger partial charge in [-0.05, 0) is 36.4 Å². The van der Waals surface area contributed by atoms with Gasteiger partial charge in [-0.3, -0.25) is 4.79 Å². The molecule has 0 fully saturated rings. The number of rotatable bonds is 3. The number of amides is 1. The number of phenols is 2. The molecule has 0 aliphatic heterocycles. The molecule has 146 valence electrons. The van der Waals surface area contributed by atoms with Crippen molar-refractivity contribution in [3.8, 4) is 34.0 Å². The number of benzene rings is 3. The molecule has 1 aromatic heterocycles. The second-order valence-electron chi connectivity index (χ2n) is 6.51. The van der Waals surface area contributed by atoms with E-state index in [0.29, 0.717) is 22.5 Å². The zero-order chi connectivity index (χ0) is 20.8. The largest absolute Gasteiger partial charge is 0.507 e. The van der Waals surface area contributed by atoms with Crippen LogP contribution in [0.25, 0.3) is 33.5 Å². The van der Waals surface area contributed by atoms with E-state index in [1.807, 2.05) is 36.4 Å². The molecular weight excluding hydrogens is 366 g/mol. The van der Waals surface area contributed by atoms with Crippen LogP contribution in [-0.2, 0) is 4.79 Å². The summed E-state index contributed by atoms with van der Waals surface area (Å²) in [5.41, 5.74) is 3.69. The molecule has 0 radical (unpaired) electrons. The van der Waals surface area contributed by atoms with Gasteiger partial charge in [0.2, 0.25) is 6.41 Å². The van der Waals surface area contributed by atoms with Crippen LogP contribution in [0.2, 0.25) is 0 Å². The lowest BCUT2D eigenvalue weighted by Crippen LogP contribution is -2.06. The third-order valence-corrected chi connectivity index (χ3v) is 4.10. The van der Waals surface area contributed by atoms with Crippen LogP contribution in [0.5, 0.6) is 11.5 Å². The SMILES string of the molecule is CN(C)C=O.Oc1ccccc1-c1nc2ccccc2nc1-c1ccccc1O. The molecule has 1 heterocycles. The summed E-state index contributed by atoms with van der Waals surface area (Å²) in [4.78, 5) is 20.3. The predicted octanol–water partition coefficient (Wildman–Crippen LogP) is 4.08. The Balaban J connectivity index is 0.000000431. The van der Waals surface area contributed by atoms with Crippen LogP contribution in [0.15, 0.2) is 72.8 Å². The molecule has 0 unspecified atom stereocenters. The van der Waals surface area contributed by atoms with Gasteiger partial charge in [0.25, 0.3) is 0 Å². The second kappa shape index (κ2) is 8.84. The first-order chi connectivity index (χ1) is 14.0. The minimum atomic E-state index is 0.124. The van der Waals surface area contributed by atoms with E-state index >= 15 is 0 Å². The van der Waals surface area contributed by atoms with Crippen LogP contribution in [0, 0.1) is 0 Å². The molecule has 2 N–H and O–H groups in total. The third kappa shape index (κ3) is 4.50. The molecular formula is C23H21N3O3. The Morgan fingerprint density at radius 1 is 0.690 bits per heavy atom. The summed E-state index contributed by atoms with van der Waals surface area (Å²) in [6.07, 6.45) is 0.750. The minimum Gasteiger partial charge on any atom is -0.507 e. The monoisotopic (exact) mass is 387 g/mol. The average molecular weight is 387 g/mol. The Morgan fingerprint density at radius 3 is 1.38 bits per heavy atom. The molecule has 6 heteroatoms. The van der Waals surface area contributed by atoms with Crippen molar-refractivity contribution in [2.24, 2.45) is 0 Å². The number of carbonyl (C=O) groups is 1. The van der Waals surface area contributed by atoms with Crippen molar-refractivity contribution in [2.75, 3.05) is 14.1 Å². The van der Waals surface area contributed by atoms with Gasteiger partial charge in [0.15, 0.2) is 0 Å². The molecule has 0 saturated carbocycles. The van der Waals surface area contributed by atoms with Gasteiger partial charge < -0.3 is 15.1 Å². The Hall–Kier alpha value is -3.93. The van der Waals surface area contributed by atoms with Crippen molar-refractivity contribution in [3.63, 3.8) is 0 Å². The highest BCUT2D eigenvalue weighted by Gasteiger charge is 2.17. The molecule has 29 heavy (non-hydrogen) atoms. The highest BCUT2D eigenvalue weighted by molar-refractivity contribution is 5.89. The normalized spacial score (nSPS) is 10.1. The fourth-order valence-electron chi connectivity index (χ4n) is 2.72. The topological polar surface area (TPSA) is 86.6 Å². The van der Waals surface area contributed by atoms with Gasteiger partial charge in [-0.2, -0.15) is 0 Å². The van der Waals surface area contributed by atoms with E-state index in [9.17, 15) is 15.0 Å². The van der Waals surface area contributed by atoms with E-state index in [0.717, 1.165) is 17.4 Å². The fraction of sp³-hybridized carbons (Fsp3) is 0.0870. The van der Waals surface area contributed by atoms with Crippen LogP contribution < -0.4 is 0 Å². The van der Waals surface area contributed by atoms with Crippen LogP contribution in [0.1, 0.15) is 0 Å². The first-order valence-corrected chi connectivity index (χ1v) is 8.96. The molecule has 0 spiro atoms. The van der Waals surface area contributed by atoms with Crippen molar-refractivity contribution >= 4 is 17.4 Å². The maximum absolute atomic E-state index is 10.2. The number of para-hydroxylation sites is 4. The van der Waals surface area contributed by atoms with Crippen molar-refractivity contribution in [2.45, 2.75) is 0 Å². The second-order valence-corrected chi connectivity index (χ2v) is 6.51. The number of aromatic nitrogens is 2. The number of nitrogens with zero attached hydrogens (tertiary/aromatic N) is 3. The quantitative estimate of drug-likeness (QED) is 0.517. The van der Waals surface area contributed by atoms with Gasteiger partial charge in [0, 0.05) is 25.2 Å². The molecule has 4 rings (SSSR count). The lowest BCUT2D eigenvalue weighted by atomic mass is 10.0. The number of phenolic OH excluding ortho intramolecular Hbond substituents is 2. The minimum absolute atomic E-state index is 0.124. The van der Waals surface area contributed by atoms with Gasteiger partial charge in [-0.15, -0.1) is 0 Å². The molecule has 0 bridgehead atoms. The Kier molecular flexibility index (Phi) is 6.04. The number of carbonyl (C=O) groups excluding carboxylic acids is 1. The zero-order valence-corrected chi connectivity index (χ0v) is 16.1. The smallest absolute Gasteiger partial charge is 0.209 e. The highest BCUT2D eigenvalue weighted by atomic mass is 16.3. The fourth-order valence-corrected chi connectivity index (χ4v) is 2.72. The Bertz CT molecular complexity index is 1060. The van der Waals surface area contributed by atoms with Crippen molar-refractivity contribution in [3.05, 3.63) is 72.8 Å². The number of hydrogen-bond donors (Lipinski definition) is 2. The van der Waals surface area contributed by atoms with E-state index in [2.05, 4.69) is 0 Å². The van der Waals surface area contributed by atoms with Gasteiger partial charge in [0.05, 0.1) is 11.0 Å². The molecule has 1 amide bonds. The highest BCUT2D eigenvalue weighted by Crippen LogP contribution is 2.38. The number of fused-ring (bicyclic) bond motifs is 1. The lowest BCUT2D eigenvalue weighted by molar-refractivity contribution is -0.115. The van der Waals surface area contributed by atoms with Crippen LogP contribution in [-0.4, -0.2) is 45.6 Å². The molecule has 0 atom stereocenters. The molecule has 4 aromatic rings. The first kappa shape index (κ1) is 19.8. The van der Waals surface area contributed by atoms with Crippen LogP contribution in [0.3, 0.4) is 0 Å². The van der Waals surface area contributed by atoms with Gasteiger partial charge in [-0.25, -0.2) is 9.97 Å². The molecule has 0 aliphatic rings. The predicted molar refractivity (Wildman–Crippen MR) is 113 cm³/mol. The van der Waals surface area contributed by atoms with E-state index in [-0.39, 0.29) is 11.5 Å². The Morgan fingerprint density at radius 2 is 1.03 bits per heavy atom. The average Bonchev–Trinajstić information content (AvgIpc) is 2.74. The summed E-state index contributed by atoms with van der Waals surface area (Å²) in [5.74, 6) is 0.248. The standard InChI is InChI=1S/C20H14N2O2.C3H7NO/c23-17-11-5-1-7-13(17)19-20(14-8-2-6-12-18(14)24)22-16-10-4-3-9-15(16)21-19;1-4(2)3-5/h1-12,23-24H;3H,1-2H3. The Labute approximate surface area is 168 Å². The summed E-state index contributed by atoms with van der Waals surface area (Å²) in [6, 6.07) is 21.5. The van der Waals surface area contributed by atoms with Gasteiger partial charge >= 0.3 is 0 Å². The molecule has 6 nitrogen and oxygen atoms in total. The van der Waals surface area contributed by atoms with Crippen LogP contribution in [0.4, 0.5) is 0 Å². The summed E-state index contributed by atoms with van der Waals surface area (Å²) in [5, 5.41) is 20.5. The molecule has 0 saturated heterocycles. The van der Waals surface area contributed by atoms with Gasteiger partial charge in [0.1, 0.15) is 22.9 Å². The number of aromatic hydroxyl groups is 2. The summed E-state index contributed by atoms with van der Waals surface area (Å²) in [6.45, 7) is 0. The molecule has 3 aromatic carbocycles. The summed E-state index contributed by atoms with van der Waals surface area (Å²) < 4.78 is 0. The number of hydrogen-bond acceptors (Lipinski definition) is 5. The zero-order valence-electron chi connectivity index (χ0n) is 16.1. The maximum atomic E-state index is 10.2. The lowest BCUT2D eigenvalue weighted by Gasteiger charge is -2.12.